The van der Waals surface area contributed by atoms with Gasteiger partial charge in [-0.15, -0.1) is 0 Å². The number of nitrogens with zero attached hydrogens (tertiary/aromatic N) is 2. The second-order valence-corrected chi connectivity index (χ2v) is 5.76. The minimum atomic E-state index is 0.522. The Morgan fingerprint density at radius 2 is 1.89 bits per heavy atom. The van der Waals surface area contributed by atoms with E-state index in [9.17, 15) is 0 Å². The van der Waals surface area contributed by atoms with E-state index in [0.717, 1.165) is 13.1 Å². The molecule has 0 spiro atoms. The molecule has 1 aromatic heterocycles. The number of nitrogens with one attached hydrogen (secondary N) is 1. The number of rotatable bonds is 6. The summed E-state index contributed by atoms with van der Waals surface area (Å²) in [6.45, 7) is 10.4. The highest BCUT2D eigenvalue weighted by Crippen LogP contribution is 2.33. The maximum atomic E-state index is 4.10. The van der Waals surface area contributed by atoms with Gasteiger partial charge in [-0.3, -0.25) is 9.88 Å². The minimum absolute atomic E-state index is 0.522. The molecule has 1 aliphatic heterocycles. The molecule has 0 atom stereocenters. The van der Waals surface area contributed by atoms with E-state index in [1.807, 2.05) is 12.4 Å². The molecule has 1 aromatic rings. The summed E-state index contributed by atoms with van der Waals surface area (Å²) in [4.78, 5) is 6.68. The van der Waals surface area contributed by atoms with Gasteiger partial charge in [0.2, 0.25) is 0 Å². The Hall–Kier alpha value is -0.930. The lowest BCUT2D eigenvalue weighted by molar-refractivity contribution is 0.105. The van der Waals surface area contributed by atoms with Crippen LogP contribution in [0.25, 0.3) is 0 Å². The Morgan fingerprint density at radius 3 is 2.47 bits per heavy atom. The van der Waals surface area contributed by atoms with Crippen LogP contribution in [0, 0.1) is 5.41 Å². The van der Waals surface area contributed by atoms with Gasteiger partial charge in [-0.25, -0.2) is 0 Å². The molecule has 19 heavy (non-hydrogen) atoms. The molecule has 0 bridgehead atoms. The minimum Gasteiger partial charge on any atom is -0.317 e. The summed E-state index contributed by atoms with van der Waals surface area (Å²) in [7, 11) is 0. The van der Waals surface area contributed by atoms with Crippen molar-refractivity contribution >= 4 is 0 Å². The number of hydrogen-bond acceptors (Lipinski definition) is 3. The average molecular weight is 261 g/mol. The van der Waals surface area contributed by atoms with E-state index < -0.39 is 0 Å². The van der Waals surface area contributed by atoms with E-state index in [-0.39, 0.29) is 0 Å². The van der Waals surface area contributed by atoms with Crippen molar-refractivity contribution in [3.8, 4) is 0 Å². The topological polar surface area (TPSA) is 28.2 Å². The van der Waals surface area contributed by atoms with Crippen LogP contribution in [0.2, 0.25) is 0 Å². The van der Waals surface area contributed by atoms with Gasteiger partial charge in [0.05, 0.1) is 0 Å². The molecule has 0 aliphatic carbocycles. The van der Waals surface area contributed by atoms with Crippen molar-refractivity contribution < 1.29 is 0 Å². The molecule has 0 saturated carbocycles. The molecule has 0 amide bonds. The van der Waals surface area contributed by atoms with Gasteiger partial charge in [-0.05, 0) is 62.0 Å². The van der Waals surface area contributed by atoms with Crippen molar-refractivity contribution in [2.24, 2.45) is 5.41 Å². The Labute approximate surface area is 117 Å². The molecule has 0 aromatic carbocycles. The van der Waals surface area contributed by atoms with E-state index in [1.54, 1.807) is 0 Å². The molecule has 2 rings (SSSR count). The van der Waals surface area contributed by atoms with Crippen LogP contribution in [0.4, 0.5) is 0 Å². The Balaban J connectivity index is 1.97. The molecular weight excluding hydrogens is 234 g/mol. The average Bonchev–Trinajstić information content (AvgIpc) is 2.48. The summed E-state index contributed by atoms with van der Waals surface area (Å²) in [6.07, 6.45) is 7.71. The standard InChI is InChI=1S/C16H27N3/c1-3-16(7-11-18-12-8-16)14-19(4-2)13-15-5-9-17-10-6-15/h5-6,9-10,18H,3-4,7-8,11-14H2,1-2H3. The molecule has 1 N–H and O–H groups in total. The molecule has 1 fully saturated rings. The molecule has 1 aliphatic rings. The SMILES string of the molecule is CCN(Cc1ccncc1)CC1(CC)CCNCC1. The highest BCUT2D eigenvalue weighted by Gasteiger charge is 2.31. The summed E-state index contributed by atoms with van der Waals surface area (Å²) < 4.78 is 0. The van der Waals surface area contributed by atoms with E-state index in [0.29, 0.717) is 5.41 Å². The highest BCUT2D eigenvalue weighted by atomic mass is 15.1. The van der Waals surface area contributed by atoms with Gasteiger partial charge in [0.15, 0.2) is 0 Å². The zero-order chi connectivity index (χ0) is 13.6. The largest absolute Gasteiger partial charge is 0.317 e. The van der Waals surface area contributed by atoms with Gasteiger partial charge in [-0.1, -0.05) is 13.8 Å². The van der Waals surface area contributed by atoms with Crippen LogP contribution in [-0.2, 0) is 6.54 Å². The van der Waals surface area contributed by atoms with Gasteiger partial charge >= 0.3 is 0 Å². The maximum Gasteiger partial charge on any atom is 0.0271 e. The number of pyridine rings is 1. The Morgan fingerprint density at radius 1 is 1.21 bits per heavy atom. The van der Waals surface area contributed by atoms with Crippen molar-refractivity contribution in [1.29, 1.82) is 0 Å². The Bertz CT molecular complexity index is 358. The smallest absolute Gasteiger partial charge is 0.0271 e. The van der Waals surface area contributed by atoms with Crippen molar-refractivity contribution in [2.75, 3.05) is 26.2 Å². The number of hydrogen-bond donors (Lipinski definition) is 1. The third kappa shape index (κ3) is 4.02. The third-order valence-corrected chi connectivity index (χ3v) is 4.58. The summed E-state index contributed by atoms with van der Waals surface area (Å²) in [5.41, 5.74) is 1.89. The predicted octanol–water partition coefficient (Wildman–Crippen LogP) is 2.68. The van der Waals surface area contributed by atoms with Gasteiger partial charge in [0.25, 0.3) is 0 Å². The Kier molecular flexibility index (Phi) is 5.34. The molecule has 106 valence electrons. The lowest BCUT2D eigenvalue weighted by atomic mass is 9.76. The lowest BCUT2D eigenvalue weighted by Crippen LogP contribution is -2.44. The fraction of sp³-hybridized carbons (Fsp3) is 0.688. The van der Waals surface area contributed by atoms with E-state index in [2.05, 4.69) is 41.2 Å². The van der Waals surface area contributed by atoms with Crippen LogP contribution >= 0.6 is 0 Å². The van der Waals surface area contributed by atoms with Crippen molar-refractivity contribution in [2.45, 2.75) is 39.7 Å². The van der Waals surface area contributed by atoms with Gasteiger partial charge in [-0.2, -0.15) is 0 Å². The van der Waals surface area contributed by atoms with Crippen molar-refractivity contribution in [3.05, 3.63) is 30.1 Å². The normalized spacial score (nSPS) is 18.7. The van der Waals surface area contributed by atoms with E-state index in [1.165, 1.54) is 44.5 Å². The van der Waals surface area contributed by atoms with Gasteiger partial charge in [0, 0.05) is 25.5 Å². The first-order valence-corrected chi connectivity index (χ1v) is 7.60. The highest BCUT2D eigenvalue weighted by molar-refractivity contribution is 5.09. The second kappa shape index (κ2) is 7.01. The van der Waals surface area contributed by atoms with Crippen LogP contribution in [0.1, 0.15) is 38.7 Å². The van der Waals surface area contributed by atoms with Crippen LogP contribution in [0.15, 0.2) is 24.5 Å². The summed E-state index contributed by atoms with van der Waals surface area (Å²) in [5.74, 6) is 0. The van der Waals surface area contributed by atoms with Crippen LogP contribution < -0.4 is 5.32 Å². The predicted molar refractivity (Wildman–Crippen MR) is 80.0 cm³/mol. The fourth-order valence-electron chi connectivity index (χ4n) is 3.08. The molecule has 3 heteroatoms. The first kappa shape index (κ1) is 14.5. The maximum absolute atomic E-state index is 4.10. The zero-order valence-electron chi connectivity index (χ0n) is 12.4. The van der Waals surface area contributed by atoms with Crippen LogP contribution in [0.3, 0.4) is 0 Å². The van der Waals surface area contributed by atoms with Crippen LogP contribution in [-0.4, -0.2) is 36.1 Å². The number of piperidine rings is 1. The first-order chi connectivity index (χ1) is 9.28. The van der Waals surface area contributed by atoms with Gasteiger partial charge < -0.3 is 5.32 Å². The molecule has 1 saturated heterocycles. The second-order valence-electron chi connectivity index (χ2n) is 5.76. The first-order valence-electron chi connectivity index (χ1n) is 7.60. The summed E-state index contributed by atoms with van der Waals surface area (Å²) in [5, 5.41) is 3.49. The fourth-order valence-corrected chi connectivity index (χ4v) is 3.08. The molecule has 0 unspecified atom stereocenters. The molecular formula is C16H27N3. The molecule has 3 nitrogen and oxygen atoms in total. The molecule has 0 radical (unpaired) electrons. The van der Waals surface area contributed by atoms with Crippen LogP contribution in [0.5, 0.6) is 0 Å². The third-order valence-electron chi connectivity index (χ3n) is 4.58. The quantitative estimate of drug-likeness (QED) is 0.853. The van der Waals surface area contributed by atoms with Crippen molar-refractivity contribution in [1.82, 2.24) is 15.2 Å². The van der Waals surface area contributed by atoms with E-state index >= 15 is 0 Å². The lowest BCUT2D eigenvalue weighted by Gasteiger charge is -2.40. The molecule has 2 heterocycles. The summed E-state index contributed by atoms with van der Waals surface area (Å²) in [6, 6.07) is 4.26. The van der Waals surface area contributed by atoms with E-state index in [4.69, 9.17) is 0 Å². The van der Waals surface area contributed by atoms with Crippen molar-refractivity contribution in [3.63, 3.8) is 0 Å². The van der Waals surface area contributed by atoms with Gasteiger partial charge in [0.1, 0.15) is 0 Å². The number of aromatic nitrogens is 1. The monoisotopic (exact) mass is 261 g/mol. The zero-order valence-corrected chi connectivity index (χ0v) is 12.4. The summed E-state index contributed by atoms with van der Waals surface area (Å²) >= 11 is 0.